The first-order valence-electron chi connectivity index (χ1n) is 3.97. The maximum Gasteiger partial charge on any atom is 0.489 e. The van der Waals surface area contributed by atoms with Crippen LogP contribution in [-0.2, 0) is 0 Å². The smallest absolute Gasteiger partial charge is 0.454 e. The molecule has 1 heterocycles. The van der Waals surface area contributed by atoms with E-state index in [9.17, 15) is 4.79 Å². The van der Waals surface area contributed by atoms with Crippen molar-refractivity contribution in [3.05, 3.63) is 17.7 Å². The van der Waals surface area contributed by atoms with Crippen molar-refractivity contribution < 1.29 is 24.3 Å². The van der Waals surface area contributed by atoms with Crippen LogP contribution in [0.5, 0.6) is 11.5 Å². The van der Waals surface area contributed by atoms with Gasteiger partial charge in [0.05, 0.1) is 0 Å². The van der Waals surface area contributed by atoms with Gasteiger partial charge in [0.1, 0.15) is 6.29 Å². The van der Waals surface area contributed by atoms with Crippen LogP contribution < -0.4 is 14.9 Å². The minimum Gasteiger partial charge on any atom is -0.454 e. The maximum atomic E-state index is 10.6. The molecular formula is C8H7BO5. The van der Waals surface area contributed by atoms with Gasteiger partial charge in [-0.1, -0.05) is 0 Å². The van der Waals surface area contributed by atoms with Gasteiger partial charge in [0.25, 0.3) is 0 Å². The molecule has 0 unspecified atom stereocenters. The van der Waals surface area contributed by atoms with E-state index in [1.165, 1.54) is 12.1 Å². The van der Waals surface area contributed by atoms with Crippen LogP contribution in [0.1, 0.15) is 10.4 Å². The highest BCUT2D eigenvalue weighted by Gasteiger charge is 2.22. The number of carbonyl (C=O) groups is 1. The first-order valence-corrected chi connectivity index (χ1v) is 3.97. The van der Waals surface area contributed by atoms with Gasteiger partial charge < -0.3 is 19.5 Å². The fourth-order valence-corrected chi connectivity index (χ4v) is 1.30. The summed E-state index contributed by atoms with van der Waals surface area (Å²) in [6.45, 7) is 0.0820. The van der Waals surface area contributed by atoms with E-state index in [0.29, 0.717) is 17.8 Å². The Labute approximate surface area is 80.0 Å². The lowest BCUT2D eigenvalue weighted by Gasteiger charge is -2.04. The second-order valence-electron chi connectivity index (χ2n) is 2.83. The molecule has 72 valence electrons. The molecule has 14 heavy (non-hydrogen) atoms. The Hall–Kier alpha value is -1.53. The summed E-state index contributed by atoms with van der Waals surface area (Å²) in [4.78, 5) is 10.6. The number of benzene rings is 1. The Kier molecular flexibility index (Phi) is 2.15. The molecule has 0 bridgehead atoms. The minimum absolute atomic E-state index is 0.0820. The number of carbonyl (C=O) groups excluding carboxylic acids is 1. The summed E-state index contributed by atoms with van der Waals surface area (Å²) in [5, 5.41) is 17.9. The molecule has 0 fully saturated rings. The topological polar surface area (TPSA) is 76.0 Å². The Morgan fingerprint density at radius 2 is 1.93 bits per heavy atom. The van der Waals surface area contributed by atoms with E-state index in [1.54, 1.807) is 0 Å². The summed E-state index contributed by atoms with van der Waals surface area (Å²) in [6.07, 6.45) is 0.538. The van der Waals surface area contributed by atoms with Gasteiger partial charge in [-0.2, -0.15) is 0 Å². The van der Waals surface area contributed by atoms with E-state index in [0.717, 1.165) is 0 Å². The Bertz CT molecular complexity index is 376. The molecule has 1 aliphatic rings. The number of ether oxygens (including phenoxy) is 2. The molecule has 0 saturated carbocycles. The van der Waals surface area contributed by atoms with Crippen molar-refractivity contribution >= 4 is 18.9 Å². The fraction of sp³-hybridized carbons (Fsp3) is 0.125. The molecule has 2 N–H and O–H groups in total. The predicted octanol–water partition coefficient (Wildman–Crippen LogP) is -1.09. The average molecular weight is 194 g/mol. The molecule has 0 aliphatic carbocycles. The second-order valence-corrected chi connectivity index (χ2v) is 2.83. The van der Waals surface area contributed by atoms with Crippen LogP contribution in [0, 0.1) is 0 Å². The lowest BCUT2D eigenvalue weighted by atomic mass is 9.77. The largest absolute Gasteiger partial charge is 0.489 e. The van der Waals surface area contributed by atoms with Crippen molar-refractivity contribution in [1.82, 2.24) is 0 Å². The molecule has 0 saturated heterocycles. The van der Waals surface area contributed by atoms with Gasteiger partial charge in [-0.25, -0.2) is 0 Å². The van der Waals surface area contributed by atoms with E-state index >= 15 is 0 Å². The minimum atomic E-state index is -1.69. The SMILES string of the molecule is O=Cc1cc2c(cc1B(O)O)OCO2. The van der Waals surface area contributed by atoms with Gasteiger partial charge >= 0.3 is 7.12 Å². The van der Waals surface area contributed by atoms with Gasteiger partial charge in [0.2, 0.25) is 6.79 Å². The third-order valence-corrected chi connectivity index (χ3v) is 1.98. The zero-order valence-electron chi connectivity index (χ0n) is 7.14. The Morgan fingerprint density at radius 3 is 2.50 bits per heavy atom. The zero-order valence-corrected chi connectivity index (χ0v) is 7.14. The summed E-state index contributed by atoms with van der Waals surface area (Å²) in [7, 11) is -1.69. The van der Waals surface area contributed by atoms with Gasteiger partial charge in [-0.05, 0) is 17.6 Å². The van der Waals surface area contributed by atoms with Gasteiger partial charge in [0, 0.05) is 5.56 Å². The van der Waals surface area contributed by atoms with Crippen molar-refractivity contribution in [3.63, 3.8) is 0 Å². The standard InChI is InChI=1S/C8H7BO5/c10-3-5-1-7-8(14-4-13-7)2-6(5)9(11)12/h1-3,11-12H,4H2. The molecule has 1 aromatic carbocycles. The molecule has 1 aromatic rings. The maximum absolute atomic E-state index is 10.6. The van der Waals surface area contributed by atoms with Crippen LogP contribution in [-0.4, -0.2) is 30.2 Å². The quantitative estimate of drug-likeness (QED) is 0.462. The second kappa shape index (κ2) is 3.32. The fourth-order valence-electron chi connectivity index (χ4n) is 1.30. The molecule has 0 radical (unpaired) electrons. The highest BCUT2D eigenvalue weighted by atomic mass is 16.7. The van der Waals surface area contributed by atoms with Crippen LogP contribution in [0.15, 0.2) is 12.1 Å². The van der Waals surface area contributed by atoms with Gasteiger partial charge in [-0.15, -0.1) is 0 Å². The number of rotatable bonds is 2. The van der Waals surface area contributed by atoms with Gasteiger partial charge in [0.15, 0.2) is 11.5 Å². The number of hydrogen-bond donors (Lipinski definition) is 2. The molecule has 0 spiro atoms. The lowest BCUT2D eigenvalue weighted by molar-refractivity contribution is 0.112. The van der Waals surface area contributed by atoms with E-state index in [1.807, 2.05) is 0 Å². The van der Waals surface area contributed by atoms with E-state index in [4.69, 9.17) is 19.5 Å². The average Bonchev–Trinajstić information content (AvgIpc) is 2.62. The Morgan fingerprint density at radius 1 is 1.29 bits per heavy atom. The first-order chi connectivity index (χ1) is 6.72. The van der Waals surface area contributed by atoms with Crippen LogP contribution in [0.2, 0.25) is 0 Å². The molecule has 2 rings (SSSR count). The summed E-state index contributed by atoms with van der Waals surface area (Å²) in [5.74, 6) is 0.857. The van der Waals surface area contributed by atoms with E-state index in [-0.39, 0.29) is 17.8 Å². The first kappa shape index (κ1) is 9.05. The van der Waals surface area contributed by atoms with Crippen LogP contribution in [0.4, 0.5) is 0 Å². The third kappa shape index (κ3) is 1.34. The molecule has 0 aromatic heterocycles. The molecular weight excluding hydrogens is 187 g/mol. The van der Waals surface area contributed by atoms with Crippen LogP contribution in [0.25, 0.3) is 0 Å². The summed E-state index contributed by atoms with van der Waals surface area (Å²) < 4.78 is 10.1. The normalized spacial score (nSPS) is 12.7. The number of hydrogen-bond acceptors (Lipinski definition) is 5. The third-order valence-electron chi connectivity index (χ3n) is 1.98. The zero-order chi connectivity index (χ0) is 10.1. The molecule has 0 atom stereocenters. The number of fused-ring (bicyclic) bond motifs is 1. The van der Waals surface area contributed by atoms with Crippen molar-refractivity contribution in [1.29, 1.82) is 0 Å². The molecule has 6 heteroatoms. The highest BCUT2D eigenvalue weighted by Crippen LogP contribution is 2.31. The van der Waals surface area contributed by atoms with E-state index in [2.05, 4.69) is 0 Å². The van der Waals surface area contributed by atoms with Crippen molar-refractivity contribution in [2.75, 3.05) is 6.79 Å². The van der Waals surface area contributed by atoms with E-state index < -0.39 is 7.12 Å². The van der Waals surface area contributed by atoms with Crippen LogP contribution in [0.3, 0.4) is 0 Å². The Balaban J connectivity index is 2.54. The summed E-state index contributed by atoms with van der Waals surface area (Å²) in [6, 6.07) is 2.81. The molecule has 1 aliphatic heterocycles. The monoisotopic (exact) mass is 194 g/mol. The lowest BCUT2D eigenvalue weighted by Crippen LogP contribution is -2.32. The van der Waals surface area contributed by atoms with Crippen molar-refractivity contribution in [3.8, 4) is 11.5 Å². The van der Waals surface area contributed by atoms with Crippen molar-refractivity contribution in [2.24, 2.45) is 0 Å². The number of aldehydes is 1. The van der Waals surface area contributed by atoms with Gasteiger partial charge in [-0.3, -0.25) is 4.79 Å². The summed E-state index contributed by atoms with van der Waals surface area (Å²) in [5.41, 5.74) is 0.300. The highest BCUT2D eigenvalue weighted by molar-refractivity contribution is 6.60. The van der Waals surface area contributed by atoms with Crippen LogP contribution >= 0.6 is 0 Å². The predicted molar refractivity (Wildman–Crippen MR) is 47.8 cm³/mol. The molecule has 5 nitrogen and oxygen atoms in total. The summed E-state index contributed by atoms with van der Waals surface area (Å²) >= 11 is 0. The molecule has 0 amide bonds. The van der Waals surface area contributed by atoms with Crippen molar-refractivity contribution in [2.45, 2.75) is 0 Å².